The highest BCUT2D eigenvalue weighted by atomic mass is 32.2. The average molecular weight is 290 g/mol. The molecular formula is C13H10N2O4S. The van der Waals surface area contributed by atoms with Crippen LogP contribution in [0.2, 0.25) is 0 Å². The van der Waals surface area contributed by atoms with Crippen LogP contribution in [-0.2, 0) is 14.6 Å². The highest BCUT2D eigenvalue weighted by molar-refractivity contribution is 7.91. The van der Waals surface area contributed by atoms with Gasteiger partial charge in [0.15, 0.2) is 0 Å². The summed E-state index contributed by atoms with van der Waals surface area (Å²) in [7, 11) is -3.80. The Morgan fingerprint density at radius 2 is 1.85 bits per heavy atom. The van der Waals surface area contributed by atoms with Crippen LogP contribution in [0.1, 0.15) is 12.7 Å². The van der Waals surface area contributed by atoms with Gasteiger partial charge < -0.3 is 9.73 Å². The molecule has 0 fully saturated rings. The van der Waals surface area contributed by atoms with E-state index in [2.05, 4.69) is 5.32 Å². The molecule has 2 aromatic rings. The van der Waals surface area contributed by atoms with Crippen molar-refractivity contribution in [3.8, 4) is 6.07 Å². The van der Waals surface area contributed by atoms with E-state index in [0.29, 0.717) is 5.69 Å². The molecule has 1 N–H and O–H groups in total. The minimum atomic E-state index is -3.80. The molecule has 1 aromatic carbocycles. The minimum absolute atomic E-state index is 0.0189. The van der Waals surface area contributed by atoms with Gasteiger partial charge in [-0.2, -0.15) is 5.26 Å². The summed E-state index contributed by atoms with van der Waals surface area (Å²) < 4.78 is 29.3. The molecule has 102 valence electrons. The van der Waals surface area contributed by atoms with Gasteiger partial charge in [-0.25, -0.2) is 8.42 Å². The summed E-state index contributed by atoms with van der Waals surface area (Å²) in [4.78, 5) is 10.9. The number of rotatable bonds is 3. The number of furan rings is 1. The zero-order valence-corrected chi connectivity index (χ0v) is 11.3. The van der Waals surface area contributed by atoms with E-state index < -0.39 is 9.84 Å². The molecule has 0 spiro atoms. The number of benzene rings is 1. The van der Waals surface area contributed by atoms with Crippen molar-refractivity contribution in [3.63, 3.8) is 0 Å². The van der Waals surface area contributed by atoms with Crippen LogP contribution >= 0.6 is 0 Å². The molecule has 0 saturated heterocycles. The largest absolute Gasteiger partial charge is 0.434 e. The maximum absolute atomic E-state index is 12.2. The van der Waals surface area contributed by atoms with E-state index in [-0.39, 0.29) is 21.7 Å². The molecule has 7 heteroatoms. The van der Waals surface area contributed by atoms with Crippen LogP contribution in [0.15, 0.2) is 50.8 Å². The number of amides is 1. The number of carbonyl (C=O) groups excluding carboxylic acids is 1. The highest BCUT2D eigenvalue weighted by Crippen LogP contribution is 2.23. The van der Waals surface area contributed by atoms with E-state index >= 15 is 0 Å². The summed E-state index contributed by atoms with van der Waals surface area (Å²) in [5.41, 5.74) is 0.494. The topological polar surface area (TPSA) is 100 Å². The lowest BCUT2D eigenvalue weighted by Gasteiger charge is -2.04. The molecule has 20 heavy (non-hydrogen) atoms. The number of anilines is 1. The first-order valence-corrected chi connectivity index (χ1v) is 7.04. The molecule has 2 rings (SSSR count). The summed E-state index contributed by atoms with van der Waals surface area (Å²) in [5.74, 6) is -0.316. The summed E-state index contributed by atoms with van der Waals surface area (Å²) in [6.07, 6.45) is 0. The minimum Gasteiger partial charge on any atom is -0.434 e. The maximum Gasteiger partial charge on any atom is 0.239 e. The zero-order valence-electron chi connectivity index (χ0n) is 10.5. The Kier molecular flexibility index (Phi) is 3.59. The molecule has 0 aliphatic heterocycles. The van der Waals surface area contributed by atoms with E-state index in [4.69, 9.17) is 9.68 Å². The van der Waals surface area contributed by atoms with Crippen LogP contribution in [0.4, 0.5) is 5.69 Å². The Bertz CT molecular complexity index is 783. The first-order chi connectivity index (χ1) is 9.43. The number of nitrogens with one attached hydrogen (secondary N) is 1. The van der Waals surface area contributed by atoms with Gasteiger partial charge in [0, 0.05) is 12.6 Å². The quantitative estimate of drug-likeness (QED) is 0.931. The standard InChI is InChI=1S/C13H10N2O4S/c1-9(16)15-10-2-5-12(6-3-10)20(17,18)13-7-4-11(8-14)19-13/h2-7H,1H3,(H,15,16). The normalized spacial score (nSPS) is 10.8. The van der Waals surface area contributed by atoms with Gasteiger partial charge in [0.05, 0.1) is 4.90 Å². The Hall–Kier alpha value is -2.59. The van der Waals surface area contributed by atoms with Gasteiger partial charge >= 0.3 is 0 Å². The molecule has 0 aliphatic rings. The predicted molar refractivity (Wildman–Crippen MR) is 69.6 cm³/mol. The van der Waals surface area contributed by atoms with Crippen molar-refractivity contribution in [2.45, 2.75) is 16.9 Å². The molecule has 0 bridgehead atoms. The van der Waals surface area contributed by atoms with E-state index in [0.717, 1.165) is 0 Å². The third kappa shape index (κ3) is 2.70. The molecule has 1 aromatic heterocycles. The van der Waals surface area contributed by atoms with Gasteiger partial charge in [-0.15, -0.1) is 0 Å². The maximum atomic E-state index is 12.2. The Morgan fingerprint density at radius 3 is 2.35 bits per heavy atom. The van der Waals surface area contributed by atoms with E-state index in [1.807, 2.05) is 0 Å². The molecule has 0 aliphatic carbocycles. The van der Waals surface area contributed by atoms with E-state index in [1.54, 1.807) is 6.07 Å². The molecule has 0 saturated carbocycles. The van der Waals surface area contributed by atoms with Crippen LogP contribution in [0.3, 0.4) is 0 Å². The predicted octanol–water partition coefficient (Wildman–Crippen LogP) is 1.94. The van der Waals surface area contributed by atoms with Crippen LogP contribution in [-0.4, -0.2) is 14.3 Å². The molecular weight excluding hydrogens is 280 g/mol. The van der Waals surface area contributed by atoms with Crippen LogP contribution in [0.5, 0.6) is 0 Å². The van der Waals surface area contributed by atoms with Gasteiger partial charge in [-0.1, -0.05) is 0 Å². The van der Waals surface area contributed by atoms with Crippen LogP contribution < -0.4 is 5.32 Å². The Morgan fingerprint density at radius 1 is 1.20 bits per heavy atom. The van der Waals surface area contributed by atoms with Crippen molar-refractivity contribution in [1.82, 2.24) is 0 Å². The van der Waals surface area contributed by atoms with Crippen molar-refractivity contribution in [1.29, 1.82) is 5.26 Å². The highest BCUT2D eigenvalue weighted by Gasteiger charge is 2.21. The lowest BCUT2D eigenvalue weighted by atomic mass is 10.3. The number of carbonyl (C=O) groups is 1. The Balaban J connectivity index is 2.35. The van der Waals surface area contributed by atoms with Crippen LogP contribution in [0.25, 0.3) is 0 Å². The second-order valence-corrected chi connectivity index (χ2v) is 5.82. The first-order valence-electron chi connectivity index (χ1n) is 5.56. The lowest BCUT2D eigenvalue weighted by Crippen LogP contribution is -2.06. The number of sulfone groups is 1. The number of hydrogen-bond donors (Lipinski definition) is 1. The van der Waals surface area contributed by atoms with Gasteiger partial charge in [0.25, 0.3) is 0 Å². The smallest absolute Gasteiger partial charge is 0.239 e. The first kappa shape index (κ1) is 13.8. The zero-order chi connectivity index (χ0) is 14.8. The lowest BCUT2D eigenvalue weighted by molar-refractivity contribution is -0.114. The fourth-order valence-electron chi connectivity index (χ4n) is 1.56. The Labute approximate surface area is 115 Å². The van der Waals surface area contributed by atoms with Crippen LogP contribution in [0, 0.1) is 11.3 Å². The number of nitrogens with zero attached hydrogens (tertiary/aromatic N) is 1. The van der Waals surface area contributed by atoms with Crippen molar-refractivity contribution >= 4 is 21.4 Å². The molecule has 1 amide bonds. The van der Waals surface area contributed by atoms with Crippen molar-refractivity contribution < 1.29 is 17.6 Å². The average Bonchev–Trinajstić information content (AvgIpc) is 2.88. The van der Waals surface area contributed by atoms with Gasteiger partial charge in [0.2, 0.25) is 26.6 Å². The monoisotopic (exact) mass is 290 g/mol. The van der Waals surface area contributed by atoms with Crippen molar-refractivity contribution in [2.24, 2.45) is 0 Å². The molecule has 0 atom stereocenters. The summed E-state index contributed by atoms with van der Waals surface area (Å²) in [6, 6.07) is 9.91. The summed E-state index contributed by atoms with van der Waals surface area (Å²) >= 11 is 0. The van der Waals surface area contributed by atoms with Gasteiger partial charge in [0.1, 0.15) is 6.07 Å². The van der Waals surface area contributed by atoms with Crippen molar-refractivity contribution in [2.75, 3.05) is 5.32 Å². The molecule has 0 unspecified atom stereocenters. The fourth-order valence-corrected chi connectivity index (χ4v) is 2.73. The van der Waals surface area contributed by atoms with Gasteiger partial charge in [-0.05, 0) is 36.4 Å². The SMILES string of the molecule is CC(=O)Nc1ccc(S(=O)(=O)c2ccc(C#N)o2)cc1. The third-order valence-corrected chi connectivity index (χ3v) is 4.08. The van der Waals surface area contributed by atoms with Crippen molar-refractivity contribution in [3.05, 3.63) is 42.2 Å². The molecule has 0 radical (unpaired) electrons. The summed E-state index contributed by atoms with van der Waals surface area (Å²) in [5, 5.41) is 10.9. The number of nitriles is 1. The summed E-state index contributed by atoms with van der Waals surface area (Å²) in [6.45, 7) is 1.36. The van der Waals surface area contributed by atoms with Gasteiger partial charge in [-0.3, -0.25) is 4.79 Å². The van der Waals surface area contributed by atoms with E-state index in [9.17, 15) is 13.2 Å². The third-order valence-electron chi connectivity index (χ3n) is 2.44. The van der Waals surface area contributed by atoms with E-state index in [1.165, 1.54) is 43.3 Å². The second kappa shape index (κ2) is 5.19. The molecule has 1 heterocycles. The molecule has 6 nitrogen and oxygen atoms in total. The number of hydrogen-bond acceptors (Lipinski definition) is 5. The fraction of sp³-hybridized carbons (Fsp3) is 0.0769. The second-order valence-electron chi connectivity index (χ2n) is 3.94.